The van der Waals surface area contributed by atoms with Gasteiger partial charge in [-0.15, -0.1) is 24.0 Å². The Morgan fingerprint density at radius 2 is 1.83 bits per heavy atom. The van der Waals surface area contributed by atoms with E-state index in [0.717, 1.165) is 31.0 Å². The quantitative estimate of drug-likeness (QED) is 0.319. The zero-order chi connectivity index (χ0) is 19.9. The second-order valence-corrected chi connectivity index (χ2v) is 7.33. The first-order valence-corrected chi connectivity index (χ1v) is 9.69. The van der Waals surface area contributed by atoms with E-state index in [1.165, 1.54) is 5.56 Å². The Hall–Kier alpha value is -2.13. The van der Waals surface area contributed by atoms with Crippen LogP contribution >= 0.6 is 24.0 Å². The van der Waals surface area contributed by atoms with Gasteiger partial charge in [-0.1, -0.05) is 42.5 Å². The number of primary amides is 1. The SMILES string of the molecule is CN=C(NCc1ccc(C(N)=O)cc1)NC1CC(C)N(Cc2ccccc2)C1.I. The first kappa shape index (κ1) is 23.2. The van der Waals surface area contributed by atoms with E-state index >= 15 is 0 Å². The molecule has 2 unspecified atom stereocenters. The predicted octanol–water partition coefficient (Wildman–Crippen LogP) is 2.73. The molecule has 29 heavy (non-hydrogen) atoms. The lowest BCUT2D eigenvalue weighted by atomic mass is 10.1. The molecule has 2 aromatic carbocycles. The van der Waals surface area contributed by atoms with E-state index in [0.29, 0.717) is 24.2 Å². The molecule has 156 valence electrons. The minimum Gasteiger partial charge on any atom is -0.366 e. The molecule has 7 heteroatoms. The Balaban J connectivity index is 0.00000300. The summed E-state index contributed by atoms with van der Waals surface area (Å²) in [5.41, 5.74) is 8.21. The normalized spacial score (nSPS) is 19.4. The largest absolute Gasteiger partial charge is 0.366 e. The fourth-order valence-electron chi connectivity index (χ4n) is 3.60. The fourth-order valence-corrected chi connectivity index (χ4v) is 3.60. The number of halogens is 1. The zero-order valence-corrected chi connectivity index (χ0v) is 19.3. The summed E-state index contributed by atoms with van der Waals surface area (Å²) < 4.78 is 0. The number of rotatable bonds is 6. The second kappa shape index (κ2) is 11.2. The molecule has 1 aliphatic rings. The van der Waals surface area contributed by atoms with Crippen LogP contribution in [-0.4, -0.2) is 42.4 Å². The Morgan fingerprint density at radius 3 is 2.45 bits per heavy atom. The lowest BCUT2D eigenvalue weighted by molar-refractivity contribution is 0.100. The number of nitrogens with two attached hydrogens (primary N) is 1. The summed E-state index contributed by atoms with van der Waals surface area (Å²) in [7, 11) is 1.78. The van der Waals surface area contributed by atoms with Gasteiger partial charge in [-0.3, -0.25) is 14.7 Å². The maximum absolute atomic E-state index is 11.2. The average molecular weight is 507 g/mol. The van der Waals surface area contributed by atoms with Crippen LogP contribution in [0, 0.1) is 0 Å². The Labute approximate surface area is 190 Å². The molecule has 0 aromatic heterocycles. The van der Waals surface area contributed by atoms with E-state index in [1.54, 1.807) is 19.2 Å². The molecule has 0 spiro atoms. The van der Waals surface area contributed by atoms with Crippen molar-refractivity contribution < 1.29 is 4.79 Å². The van der Waals surface area contributed by atoms with Crippen molar-refractivity contribution in [2.24, 2.45) is 10.7 Å². The number of guanidine groups is 1. The van der Waals surface area contributed by atoms with Crippen molar-refractivity contribution in [3.8, 4) is 0 Å². The zero-order valence-electron chi connectivity index (χ0n) is 17.0. The highest BCUT2D eigenvalue weighted by atomic mass is 127. The first-order valence-electron chi connectivity index (χ1n) is 9.69. The van der Waals surface area contributed by atoms with Crippen molar-refractivity contribution in [2.75, 3.05) is 13.6 Å². The maximum atomic E-state index is 11.2. The number of nitrogens with zero attached hydrogens (tertiary/aromatic N) is 2. The van der Waals surface area contributed by atoms with E-state index in [1.807, 2.05) is 12.1 Å². The number of amides is 1. The van der Waals surface area contributed by atoms with Gasteiger partial charge < -0.3 is 16.4 Å². The number of benzene rings is 2. The van der Waals surface area contributed by atoms with Crippen LogP contribution in [0.15, 0.2) is 59.6 Å². The number of hydrogen-bond acceptors (Lipinski definition) is 3. The predicted molar refractivity (Wildman–Crippen MR) is 128 cm³/mol. The molecular weight excluding hydrogens is 477 g/mol. The molecule has 1 fully saturated rings. The summed E-state index contributed by atoms with van der Waals surface area (Å²) in [6.45, 7) is 4.87. The lowest BCUT2D eigenvalue weighted by Crippen LogP contribution is -2.44. The molecule has 1 amide bonds. The molecule has 6 nitrogen and oxygen atoms in total. The third kappa shape index (κ3) is 6.71. The minimum absolute atomic E-state index is 0. The van der Waals surface area contributed by atoms with E-state index < -0.39 is 5.91 Å². The molecule has 0 aliphatic carbocycles. The Bertz CT molecular complexity index is 810. The van der Waals surface area contributed by atoms with Crippen LogP contribution < -0.4 is 16.4 Å². The number of hydrogen-bond donors (Lipinski definition) is 3. The van der Waals surface area contributed by atoms with Crippen molar-refractivity contribution in [3.63, 3.8) is 0 Å². The van der Waals surface area contributed by atoms with E-state index in [4.69, 9.17) is 5.73 Å². The topological polar surface area (TPSA) is 82.7 Å². The van der Waals surface area contributed by atoms with Gasteiger partial charge in [-0.25, -0.2) is 0 Å². The summed E-state index contributed by atoms with van der Waals surface area (Å²) in [5, 5.41) is 6.88. The van der Waals surface area contributed by atoms with E-state index in [9.17, 15) is 4.79 Å². The van der Waals surface area contributed by atoms with Gasteiger partial charge in [0.1, 0.15) is 0 Å². The average Bonchev–Trinajstić information content (AvgIpc) is 3.05. The van der Waals surface area contributed by atoms with Gasteiger partial charge in [0, 0.05) is 44.3 Å². The molecule has 0 radical (unpaired) electrons. The Kier molecular flexibility index (Phi) is 8.91. The summed E-state index contributed by atoms with van der Waals surface area (Å²) in [5.74, 6) is 0.380. The second-order valence-electron chi connectivity index (χ2n) is 7.33. The molecule has 2 aromatic rings. The molecule has 0 saturated carbocycles. The van der Waals surface area contributed by atoms with Gasteiger partial charge in [-0.05, 0) is 36.6 Å². The van der Waals surface area contributed by atoms with Crippen LogP contribution in [0.5, 0.6) is 0 Å². The van der Waals surface area contributed by atoms with Gasteiger partial charge in [0.25, 0.3) is 0 Å². The number of aliphatic imine (C=N–C) groups is 1. The van der Waals surface area contributed by atoms with Gasteiger partial charge in [0.2, 0.25) is 5.91 Å². The third-order valence-electron chi connectivity index (χ3n) is 5.20. The highest BCUT2D eigenvalue weighted by Gasteiger charge is 2.29. The van der Waals surface area contributed by atoms with Crippen LogP contribution in [0.1, 0.15) is 34.8 Å². The van der Waals surface area contributed by atoms with Crippen molar-refractivity contribution in [1.29, 1.82) is 0 Å². The summed E-state index contributed by atoms with van der Waals surface area (Å²) in [4.78, 5) is 18.0. The van der Waals surface area contributed by atoms with Crippen LogP contribution in [-0.2, 0) is 13.1 Å². The smallest absolute Gasteiger partial charge is 0.248 e. The van der Waals surface area contributed by atoms with Gasteiger partial charge in [-0.2, -0.15) is 0 Å². The number of nitrogens with one attached hydrogen (secondary N) is 2. The number of likely N-dealkylation sites (tertiary alicyclic amines) is 1. The summed E-state index contributed by atoms with van der Waals surface area (Å²) in [6.07, 6.45) is 1.08. The van der Waals surface area contributed by atoms with Gasteiger partial charge >= 0.3 is 0 Å². The Morgan fingerprint density at radius 1 is 1.14 bits per heavy atom. The van der Waals surface area contributed by atoms with Crippen molar-refractivity contribution in [1.82, 2.24) is 15.5 Å². The van der Waals surface area contributed by atoms with Crippen molar-refractivity contribution in [2.45, 2.75) is 38.5 Å². The van der Waals surface area contributed by atoms with Crippen LogP contribution in [0.25, 0.3) is 0 Å². The number of carbonyl (C=O) groups excluding carboxylic acids is 1. The highest BCUT2D eigenvalue weighted by molar-refractivity contribution is 14.0. The van der Waals surface area contributed by atoms with E-state index in [-0.39, 0.29) is 24.0 Å². The van der Waals surface area contributed by atoms with Crippen LogP contribution in [0.4, 0.5) is 0 Å². The van der Waals surface area contributed by atoms with Crippen LogP contribution in [0.2, 0.25) is 0 Å². The standard InChI is InChI=1S/C22H29N5O.HI/c1-16-12-20(15-27(16)14-18-6-4-3-5-7-18)26-22(24-2)25-13-17-8-10-19(11-9-17)21(23)28;/h3-11,16,20H,12-15H2,1-2H3,(H2,23,28)(H2,24,25,26);1H. The number of carbonyl (C=O) groups is 1. The maximum Gasteiger partial charge on any atom is 0.248 e. The van der Waals surface area contributed by atoms with Crippen LogP contribution in [0.3, 0.4) is 0 Å². The molecule has 1 saturated heterocycles. The fraction of sp³-hybridized carbons (Fsp3) is 0.364. The minimum atomic E-state index is -0.410. The molecular formula is C22H30IN5O. The molecule has 3 rings (SSSR count). The molecule has 2 atom stereocenters. The summed E-state index contributed by atoms with van der Waals surface area (Å²) >= 11 is 0. The van der Waals surface area contributed by atoms with Gasteiger partial charge in [0.15, 0.2) is 5.96 Å². The first-order chi connectivity index (χ1) is 13.5. The van der Waals surface area contributed by atoms with E-state index in [2.05, 4.69) is 57.8 Å². The molecule has 4 N–H and O–H groups in total. The lowest BCUT2D eigenvalue weighted by Gasteiger charge is -2.21. The third-order valence-corrected chi connectivity index (χ3v) is 5.20. The molecule has 0 bridgehead atoms. The summed E-state index contributed by atoms with van der Waals surface area (Å²) in [6, 6.07) is 18.8. The molecule has 1 aliphatic heterocycles. The van der Waals surface area contributed by atoms with Crippen molar-refractivity contribution in [3.05, 3.63) is 71.3 Å². The monoisotopic (exact) mass is 507 g/mol. The van der Waals surface area contributed by atoms with Gasteiger partial charge in [0.05, 0.1) is 0 Å². The molecule has 1 heterocycles. The van der Waals surface area contributed by atoms with Crippen molar-refractivity contribution >= 4 is 35.8 Å². The highest BCUT2D eigenvalue weighted by Crippen LogP contribution is 2.20.